The van der Waals surface area contributed by atoms with Crippen LogP contribution in [0.5, 0.6) is 0 Å². The summed E-state index contributed by atoms with van der Waals surface area (Å²) in [6.45, 7) is 3.86. The Labute approximate surface area is 114 Å². The number of carbonyl (C=O) groups is 1. The molecule has 0 bridgehead atoms. The zero-order valence-corrected chi connectivity index (χ0v) is 11.8. The van der Waals surface area contributed by atoms with E-state index in [1.807, 2.05) is 6.92 Å². The predicted octanol–water partition coefficient (Wildman–Crippen LogP) is 2.46. The lowest BCUT2D eigenvalue weighted by atomic mass is 9.90. The molecule has 1 heterocycles. The van der Waals surface area contributed by atoms with Gasteiger partial charge < -0.3 is 10.6 Å². The molecule has 5 heteroatoms. The van der Waals surface area contributed by atoms with Gasteiger partial charge in [0.25, 0.3) is 5.91 Å². The first-order valence-electron chi connectivity index (χ1n) is 5.98. The molecule has 1 fully saturated rings. The Morgan fingerprint density at radius 2 is 2.11 bits per heavy atom. The number of hydrogen-bond donors (Lipinski definition) is 2. The van der Waals surface area contributed by atoms with Gasteiger partial charge in [-0.05, 0) is 67.0 Å². The Morgan fingerprint density at radius 3 is 2.72 bits per heavy atom. The first kappa shape index (κ1) is 13.5. The van der Waals surface area contributed by atoms with E-state index in [2.05, 4.69) is 26.6 Å². The maximum atomic E-state index is 13.1. The van der Waals surface area contributed by atoms with Crippen molar-refractivity contribution >= 4 is 21.8 Å². The summed E-state index contributed by atoms with van der Waals surface area (Å²) in [5.74, 6) is -0.514. The molecule has 1 amide bonds. The fraction of sp³-hybridized carbons (Fsp3) is 0.462. The van der Waals surface area contributed by atoms with Gasteiger partial charge in [0.1, 0.15) is 5.82 Å². The van der Waals surface area contributed by atoms with Gasteiger partial charge in [0.05, 0.1) is 4.47 Å². The SMILES string of the molecule is CC1(NC(=O)c2ccc(F)c(Br)c2)CCNCC1. The summed E-state index contributed by atoms with van der Waals surface area (Å²) in [4.78, 5) is 12.1. The van der Waals surface area contributed by atoms with E-state index >= 15 is 0 Å². The van der Waals surface area contributed by atoms with Crippen molar-refractivity contribution in [2.75, 3.05) is 13.1 Å². The van der Waals surface area contributed by atoms with Gasteiger partial charge >= 0.3 is 0 Å². The number of halogens is 2. The van der Waals surface area contributed by atoms with Gasteiger partial charge in [0.15, 0.2) is 0 Å². The molecule has 98 valence electrons. The second kappa shape index (κ2) is 5.36. The van der Waals surface area contributed by atoms with Crippen molar-refractivity contribution in [2.45, 2.75) is 25.3 Å². The molecule has 0 unspecified atom stereocenters. The third-order valence-electron chi connectivity index (χ3n) is 3.30. The monoisotopic (exact) mass is 314 g/mol. The van der Waals surface area contributed by atoms with Crippen molar-refractivity contribution in [1.82, 2.24) is 10.6 Å². The summed E-state index contributed by atoms with van der Waals surface area (Å²) >= 11 is 3.09. The summed E-state index contributed by atoms with van der Waals surface area (Å²) in [6.07, 6.45) is 1.81. The van der Waals surface area contributed by atoms with Crippen LogP contribution in [0.2, 0.25) is 0 Å². The van der Waals surface area contributed by atoms with E-state index in [-0.39, 0.29) is 17.3 Å². The van der Waals surface area contributed by atoms with E-state index in [0.29, 0.717) is 10.0 Å². The third kappa shape index (κ3) is 3.09. The highest BCUT2D eigenvalue weighted by Crippen LogP contribution is 2.20. The van der Waals surface area contributed by atoms with Gasteiger partial charge in [-0.25, -0.2) is 4.39 Å². The molecule has 1 aromatic rings. The first-order valence-corrected chi connectivity index (χ1v) is 6.78. The molecule has 3 nitrogen and oxygen atoms in total. The Morgan fingerprint density at radius 1 is 1.44 bits per heavy atom. The van der Waals surface area contributed by atoms with Crippen molar-refractivity contribution in [2.24, 2.45) is 0 Å². The number of amides is 1. The molecule has 0 radical (unpaired) electrons. The van der Waals surface area contributed by atoms with Crippen molar-refractivity contribution in [3.8, 4) is 0 Å². The Balaban J connectivity index is 2.09. The number of rotatable bonds is 2. The largest absolute Gasteiger partial charge is 0.347 e. The Bertz CT molecular complexity index is 458. The highest BCUT2D eigenvalue weighted by atomic mass is 79.9. The molecule has 0 atom stereocenters. The second-order valence-corrected chi connectivity index (χ2v) is 5.75. The van der Waals surface area contributed by atoms with E-state index in [9.17, 15) is 9.18 Å². The van der Waals surface area contributed by atoms with Crippen LogP contribution in [0.15, 0.2) is 22.7 Å². The lowest BCUT2D eigenvalue weighted by Crippen LogP contribution is -2.52. The quantitative estimate of drug-likeness (QED) is 0.880. The minimum Gasteiger partial charge on any atom is -0.347 e. The fourth-order valence-electron chi connectivity index (χ4n) is 2.09. The van der Waals surface area contributed by atoms with Crippen LogP contribution >= 0.6 is 15.9 Å². The van der Waals surface area contributed by atoms with Crippen LogP contribution in [0.25, 0.3) is 0 Å². The minimum absolute atomic E-state index is 0.153. The number of benzene rings is 1. The lowest BCUT2D eigenvalue weighted by Gasteiger charge is -2.35. The molecule has 0 aliphatic carbocycles. The first-order chi connectivity index (χ1) is 8.50. The topological polar surface area (TPSA) is 41.1 Å². The van der Waals surface area contributed by atoms with E-state index < -0.39 is 0 Å². The fourth-order valence-corrected chi connectivity index (χ4v) is 2.47. The maximum Gasteiger partial charge on any atom is 0.251 e. The van der Waals surface area contributed by atoms with Crippen molar-refractivity contribution < 1.29 is 9.18 Å². The number of hydrogen-bond acceptors (Lipinski definition) is 2. The second-order valence-electron chi connectivity index (χ2n) is 4.89. The Hall–Kier alpha value is -0.940. The number of piperidine rings is 1. The van der Waals surface area contributed by atoms with E-state index in [1.165, 1.54) is 18.2 Å². The van der Waals surface area contributed by atoms with Crippen LogP contribution in [0.4, 0.5) is 4.39 Å². The smallest absolute Gasteiger partial charge is 0.251 e. The van der Waals surface area contributed by atoms with Gasteiger partial charge in [-0.2, -0.15) is 0 Å². The third-order valence-corrected chi connectivity index (χ3v) is 3.91. The summed E-state index contributed by atoms with van der Waals surface area (Å²) in [6, 6.07) is 4.30. The summed E-state index contributed by atoms with van der Waals surface area (Å²) in [7, 11) is 0. The number of carbonyl (C=O) groups excluding carboxylic acids is 1. The van der Waals surface area contributed by atoms with Gasteiger partial charge in [-0.1, -0.05) is 0 Å². The lowest BCUT2D eigenvalue weighted by molar-refractivity contribution is 0.0887. The summed E-state index contributed by atoms with van der Waals surface area (Å²) in [5, 5.41) is 6.30. The van der Waals surface area contributed by atoms with E-state index in [4.69, 9.17) is 0 Å². The van der Waals surface area contributed by atoms with Crippen LogP contribution in [-0.2, 0) is 0 Å². The molecule has 2 N–H and O–H groups in total. The normalized spacial score (nSPS) is 18.4. The molecule has 1 aliphatic rings. The molecular weight excluding hydrogens is 299 g/mol. The molecule has 2 rings (SSSR count). The summed E-state index contributed by atoms with van der Waals surface area (Å²) in [5.41, 5.74) is 0.298. The average Bonchev–Trinajstić information content (AvgIpc) is 2.33. The molecule has 0 saturated carbocycles. The molecule has 18 heavy (non-hydrogen) atoms. The molecular formula is C13H16BrFN2O. The number of nitrogens with one attached hydrogen (secondary N) is 2. The minimum atomic E-state index is -0.361. The van der Waals surface area contributed by atoms with E-state index in [1.54, 1.807) is 0 Å². The molecule has 0 aromatic heterocycles. The molecule has 1 aromatic carbocycles. The van der Waals surface area contributed by atoms with Crippen molar-refractivity contribution in [1.29, 1.82) is 0 Å². The molecule has 1 aliphatic heterocycles. The van der Waals surface area contributed by atoms with E-state index in [0.717, 1.165) is 25.9 Å². The van der Waals surface area contributed by atoms with Crippen LogP contribution in [-0.4, -0.2) is 24.5 Å². The standard InChI is InChI=1S/C13H16BrFN2O/c1-13(4-6-16-7-5-13)17-12(18)9-2-3-11(15)10(14)8-9/h2-3,8,16H,4-7H2,1H3,(H,17,18). The van der Waals surface area contributed by atoms with Crippen LogP contribution < -0.4 is 10.6 Å². The van der Waals surface area contributed by atoms with Gasteiger partial charge in [0, 0.05) is 11.1 Å². The molecule has 0 spiro atoms. The highest BCUT2D eigenvalue weighted by Gasteiger charge is 2.28. The van der Waals surface area contributed by atoms with Crippen LogP contribution in [0, 0.1) is 5.82 Å². The zero-order valence-electron chi connectivity index (χ0n) is 10.2. The van der Waals surface area contributed by atoms with Crippen molar-refractivity contribution in [3.63, 3.8) is 0 Å². The Kier molecular flexibility index (Phi) is 4.02. The predicted molar refractivity (Wildman–Crippen MR) is 72.1 cm³/mol. The molecule has 1 saturated heterocycles. The van der Waals surface area contributed by atoms with Gasteiger partial charge in [0.2, 0.25) is 0 Å². The zero-order chi connectivity index (χ0) is 13.2. The van der Waals surface area contributed by atoms with Crippen LogP contribution in [0.3, 0.4) is 0 Å². The van der Waals surface area contributed by atoms with Gasteiger partial charge in [-0.15, -0.1) is 0 Å². The summed E-state index contributed by atoms with van der Waals surface area (Å²) < 4.78 is 13.4. The van der Waals surface area contributed by atoms with Crippen molar-refractivity contribution in [3.05, 3.63) is 34.1 Å². The highest BCUT2D eigenvalue weighted by molar-refractivity contribution is 9.10. The van der Waals surface area contributed by atoms with Gasteiger partial charge in [-0.3, -0.25) is 4.79 Å². The van der Waals surface area contributed by atoms with Crippen LogP contribution in [0.1, 0.15) is 30.1 Å². The maximum absolute atomic E-state index is 13.1. The average molecular weight is 315 g/mol.